The van der Waals surface area contributed by atoms with Gasteiger partial charge in [-0.2, -0.15) is 0 Å². The molecule has 1 saturated heterocycles. The summed E-state index contributed by atoms with van der Waals surface area (Å²) in [6.07, 6.45) is 6.26. The Morgan fingerprint density at radius 2 is 2.00 bits per heavy atom. The number of nitrogens with zero attached hydrogens (tertiary/aromatic N) is 2. The van der Waals surface area contributed by atoms with Crippen molar-refractivity contribution in [1.82, 2.24) is 4.90 Å². The SMILES string of the molecule is C[C@H](C1CC1)N(C)C(=O)[C@H]1CC(=O)N(c2ccc3c(c2)CCC3)C1. The molecule has 0 spiro atoms. The zero-order valence-electron chi connectivity index (χ0n) is 14.6. The van der Waals surface area contributed by atoms with E-state index >= 15 is 0 Å². The van der Waals surface area contributed by atoms with Crippen LogP contribution < -0.4 is 4.90 Å². The minimum Gasteiger partial charge on any atom is -0.342 e. The molecule has 0 unspecified atom stereocenters. The third-order valence-electron chi connectivity index (χ3n) is 6.13. The fourth-order valence-electron chi connectivity index (χ4n) is 4.23. The van der Waals surface area contributed by atoms with Crippen LogP contribution in [0.1, 0.15) is 43.7 Å². The van der Waals surface area contributed by atoms with Crippen LogP contribution >= 0.6 is 0 Å². The van der Waals surface area contributed by atoms with E-state index in [9.17, 15) is 9.59 Å². The van der Waals surface area contributed by atoms with Crippen LogP contribution in [-0.4, -0.2) is 36.3 Å². The van der Waals surface area contributed by atoms with Crippen LogP contribution in [0.2, 0.25) is 0 Å². The maximum absolute atomic E-state index is 12.8. The van der Waals surface area contributed by atoms with Gasteiger partial charge in [-0.3, -0.25) is 9.59 Å². The molecule has 1 aliphatic heterocycles. The fraction of sp³-hybridized carbons (Fsp3) is 0.600. The Hall–Kier alpha value is -1.84. The first-order valence-corrected chi connectivity index (χ1v) is 9.23. The molecule has 1 aromatic carbocycles. The van der Waals surface area contributed by atoms with Crippen LogP contribution in [0.3, 0.4) is 0 Å². The van der Waals surface area contributed by atoms with E-state index < -0.39 is 0 Å². The molecule has 0 aromatic heterocycles. The maximum Gasteiger partial charge on any atom is 0.228 e. The van der Waals surface area contributed by atoms with Crippen molar-refractivity contribution in [2.75, 3.05) is 18.5 Å². The Morgan fingerprint density at radius 1 is 1.25 bits per heavy atom. The van der Waals surface area contributed by atoms with Crippen molar-refractivity contribution in [1.29, 1.82) is 0 Å². The maximum atomic E-state index is 12.8. The molecule has 3 aliphatic rings. The van der Waals surface area contributed by atoms with Crippen LogP contribution in [0.4, 0.5) is 5.69 Å². The first kappa shape index (κ1) is 15.7. The van der Waals surface area contributed by atoms with Crippen molar-refractivity contribution in [2.45, 2.75) is 51.5 Å². The van der Waals surface area contributed by atoms with E-state index in [-0.39, 0.29) is 17.7 Å². The highest BCUT2D eigenvalue weighted by Gasteiger charge is 2.40. The predicted octanol–water partition coefficient (Wildman–Crippen LogP) is 2.79. The highest BCUT2D eigenvalue weighted by Crippen LogP contribution is 2.36. The van der Waals surface area contributed by atoms with Gasteiger partial charge in [-0.1, -0.05) is 6.07 Å². The van der Waals surface area contributed by atoms with Gasteiger partial charge in [0.25, 0.3) is 0 Å². The highest BCUT2D eigenvalue weighted by atomic mass is 16.2. The zero-order chi connectivity index (χ0) is 16.8. The summed E-state index contributed by atoms with van der Waals surface area (Å²) in [6.45, 7) is 2.66. The van der Waals surface area contributed by atoms with Crippen LogP contribution in [0.25, 0.3) is 0 Å². The Morgan fingerprint density at radius 3 is 2.75 bits per heavy atom. The Kier molecular flexibility index (Phi) is 3.86. The second-order valence-electron chi connectivity index (χ2n) is 7.74. The third-order valence-corrected chi connectivity index (χ3v) is 6.13. The topological polar surface area (TPSA) is 40.6 Å². The molecule has 4 heteroatoms. The summed E-state index contributed by atoms with van der Waals surface area (Å²) in [5.74, 6) is 0.672. The van der Waals surface area contributed by atoms with E-state index in [1.54, 1.807) is 0 Å². The first-order chi connectivity index (χ1) is 11.5. The fourth-order valence-corrected chi connectivity index (χ4v) is 4.23. The van der Waals surface area contributed by atoms with E-state index in [1.807, 2.05) is 22.9 Å². The Labute approximate surface area is 143 Å². The van der Waals surface area contributed by atoms with Gasteiger partial charge in [-0.25, -0.2) is 0 Å². The molecule has 2 fully saturated rings. The summed E-state index contributed by atoms with van der Waals surface area (Å²) in [5, 5.41) is 0. The zero-order valence-corrected chi connectivity index (χ0v) is 14.6. The lowest BCUT2D eigenvalue weighted by Gasteiger charge is -2.27. The highest BCUT2D eigenvalue weighted by molar-refractivity contribution is 6.00. The van der Waals surface area contributed by atoms with E-state index in [1.165, 1.54) is 30.4 Å². The summed E-state index contributed by atoms with van der Waals surface area (Å²) >= 11 is 0. The van der Waals surface area contributed by atoms with Crippen LogP contribution in [0, 0.1) is 11.8 Å². The number of aryl methyl sites for hydroxylation is 2. The van der Waals surface area contributed by atoms with Gasteiger partial charge in [0, 0.05) is 31.7 Å². The second-order valence-corrected chi connectivity index (χ2v) is 7.74. The molecule has 1 aromatic rings. The van der Waals surface area contributed by atoms with Gasteiger partial charge >= 0.3 is 0 Å². The number of carbonyl (C=O) groups excluding carboxylic acids is 2. The number of benzene rings is 1. The molecule has 1 heterocycles. The predicted molar refractivity (Wildman–Crippen MR) is 93.9 cm³/mol. The lowest BCUT2D eigenvalue weighted by atomic mass is 10.1. The average molecular weight is 326 g/mol. The second kappa shape index (κ2) is 5.91. The summed E-state index contributed by atoms with van der Waals surface area (Å²) in [5.41, 5.74) is 3.75. The number of anilines is 1. The van der Waals surface area contributed by atoms with Crippen LogP contribution in [0.15, 0.2) is 18.2 Å². The molecule has 1 saturated carbocycles. The number of carbonyl (C=O) groups is 2. The molecule has 0 bridgehead atoms. The van der Waals surface area contributed by atoms with Crippen molar-refractivity contribution in [3.8, 4) is 0 Å². The molecule has 24 heavy (non-hydrogen) atoms. The van der Waals surface area contributed by atoms with Crippen molar-refractivity contribution < 1.29 is 9.59 Å². The number of rotatable bonds is 4. The third kappa shape index (κ3) is 2.72. The van der Waals surface area contributed by atoms with Crippen molar-refractivity contribution in [3.63, 3.8) is 0 Å². The molecule has 2 amide bonds. The molecule has 0 N–H and O–H groups in total. The van der Waals surface area contributed by atoms with Crippen molar-refractivity contribution in [3.05, 3.63) is 29.3 Å². The Bertz CT molecular complexity index is 680. The average Bonchev–Trinajstić information content (AvgIpc) is 3.20. The van der Waals surface area contributed by atoms with E-state index in [0.717, 1.165) is 18.5 Å². The molecule has 0 radical (unpaired) electrons. The normalized spacial score (nSPS) is 24.2. The molecule has 4 rings (SSSR count). The van der Waals surface area contributed by atoms with Gasteiger partial charge in [-0.15, -0.1) is 0 Å². The molecule has 2 atom stereocenters. The molecular formula is C20H26N2O2. The van der Waals surface area contributed by atoms with Gasteiger partial charge in [0.1, 0.15) is 0 Å². The van der Waals surface area contributed by atoms with Crippen LogP contribution in [-0.2, 0) is 22.4 Å². The van der Waals surface area contributed by atoms with Gasteiger partial charge in [0.05, 0.1) is 5.92 Å². The van der Waals surface area contributed by atoms with E-state index in [2.05, 4.69) is 19.1 Å². The van der Waals surface area contributed by atoms with Gasteiger partial charge in [0.2, 0.25) is 11.8 Å². The number of hydrogen-bond acceptors (Lipinski definition) is 2. The van der Waals surface area contributed by atoms with Crippen molar-refractivity contribution in [2.24, 2.45) is 11.8 Å². The number of hydrogen-bond donors (Lipinski definition) is 0. The van der Waals surface area contributed by atoms with Gasteiger partial charge < -0.3 is 9.80 Å². The lowest BCUT2D eigenvalue weighted by molar-refractivity contribution is -0.136. The standard InChI is InChI=1S/C20H26N2O2/c1-13(14-6-7-14)21(2)20(24)17-11-19(23)22(12-17)18-9-8-15-4-3-5-16(15)10-18/h8-10,13-14,17H,3-7,11-12H2,1-2H3/t13-,17+/m1/s1. The molecule has 4 nitrogen and oxygen atoms in total. The minimum atomic E-state index is -0.197. The summed E-state index contributed by atoms with van der Waals surface area (Å²) < 4.78 is 0. The van der Waals surface area contributed by atoms with Gasteiger partial charge in [0.15, 0.2) is 0 Å². The van der Waals surface area contributed by atoms with E-state index in [4.69, 9.17) is 0 Å². The number of amides is 2. The van der Waals surface area contributed by atoms with Crippen LogP contribution in [0.5, 0.6) is 0 Å². The number of fused-ring (bicyclic) bond motifs is 1. The van der Waals surface area contributed by atoms with Gasteiger partial charge in [-0.05, 0) is 68.2 Å². The molecule has 128 valence electrons. The molecular weight excluding hydrogens is 300 g/mol. The molecule has 2 aliphatic carbocycles. The summed E-state index contributed by atoms with van der Waals surface area (Å²) in [6, 6.07) is 6.65. The Balaban J connectivity index is 1.47. The van der Waals surface area contributed by atoms with Crippen molar-refractivity contribution >= 4 is 17.5 Å². The minimum absolute atomic E-state index is 0.0822. The van der Waals surface area contributed by atoms with E-state index in [0.29, 0.717) is 24.9 Å². The largest absolute Gasteiger partial charge is 0.342 e. The monoisotopic (exact) mass is 326 g/mol. The quantitative estimate of drug-likeness (QED) is 0.854. The summed E-state index contributed by atoms with van der Waals surface area (Å²) in [7, 11) is 1.90. The lowest BCUT2D eigenvalue weighted by Crippen LogP contribution is -2.41. The first-order valence-electron chi connectivity index (χ1n) is 9.23. The smallest absolute Gasteiger partial charge is 0.228 e. The summed E-state index contributed by atoms with van der Waals surface area (Å²) in [4.78, 5) is 29.0.